The molecular weight excluding hydrogens is 392 g/mol. The minimum absolute atomic E-state index is 0.0331. The van der Waals surface area contributed by atoms with Crippen LogP contribution in [0.2, 0.25) is 36.3 Å². The predicted octanol–water partition coefficient (Wildman–Crippen LogP) is 6.80. The number of hydrogen-bond donors (Lipinski definition) is 0. The second-order valence-corrected chi connectivity index (χ2v) is 21.2. The van der Waals surface area contributed by atoms with Gasteiger partial charge in [0.15, 0.2) is 16.6 Å². The van der Waals surface area contributed by atoms with Gasteiger partial charge >= 0.3 is 0 Å². The van der Waals surface area contributed by atoms with Crippen LogP contribution in [0.5, 0.6) is 0 Å². The van der Waals surface area contributed by atoms with E-state index in [1.807, 2.05) is 0 Å². The molecule has 29 heavy (non-hydrogen) atoms. The summed E-state index contributed by atoms with van der Waals surface area (Å²) in [6.45, 7) is 23.7. The van der Waals surface area contributed by atoms with Gasteiger partial charge in [-0.15, -0.1) is 0 Å². The Morgan fingerprint density at radius 1 is 0.897 bits per heavy atom. The van der Waals surface area contributed by atoms with Gasteiger partial charge in [-0.25, -0.2) is 0 Å². The quantitative estimate of drug-likeness (QED) is 0.315. The van der Waals surface area contributed by atoms with Crippen molar-refractivity contribution in [2.24, 2.45) is 0 Å². The summed E-state index contributed by atoms with van der Waals surface area (Å²) >= 11 is 0. The van der Waals surface area contributed by atoms with Crippen molar-refractivity contribution in [1.82, 2.24) is 0 Å². The lowest BCUT2D eigenvalue weighted by Crippen LogP contribution is -2.49. The van der Waals surface area contributed by atoms with Gasteiger partial charge in [-0.2, -0.15) is 0 Å². The molecule has 0 radical (unpaired) electrons. The molecule has 166 valence electrons. The Bertz CT molecular complexity index is 644. The topological polar surface area (TPSA) is 31.0 Å². The molecule has 1 aliphatic heterocycles. The molecule has 5 heteroatoms. The van der Waals surface area contributed by atoms with Gasteiger partial charge in [0, 0.05) is 0 Å². The Balaban J connectivity index is 2.03. The van der Waals surface area contributed by atoms with Crippen molar-refractivity contribution in [2.75, 3.05) is 6.61 Å². The Morgan fingerprint density at radius 3 is 1.97 bits per heavy atom. The number of epoxide rings is 1. The van der Waals surface area contributed by atoms with Crippen molar-refractivity contribution in [3.05, 3.63) is 35.9 Å². The van der Waals surface area contributed by atoms with Gasteiger partial charge in [-0.3, -0.25) is 0 Å². The van der Waals surface area contributed by atoms with Crippen LogP contribution >= 0.6 is 0 Å². The van der Waals surface area contributed by atoms with Gasteiger partial charge in [0.25, 0.3) is 0 Å². The van der Waals surface area contributed by atoms with Gasteiger partial charge < -0.3 is 13.6 Å². The van der Waals surface area contributed by atoms with Crippen molar-refractivity contribution < 1.29 is 13.6 Å². The summed E-state index contributed by atoms with van der Waals surface area (Å²) < 4.78 is 19.6. The second-order valence-electron chi connectivity index (χ2n) is 11.7. The minimum Gasteiger partial charge on any atom is -0.414 e. The number of aryl methyl sites for hydroxylation is 1. The highest BCUT2D eigenvalue weighted by Gasteiger charge is 2.50. The Hall–Kier alpha value is -0.466. The van der Waals surface area contributed by atoms with E-state index in [2.05, 4.69) is 98.1 Å². The van der Waals surface area contributed by atoms with E-state index in [0.717, 1.165) is 12.8 Å². The molecule has 1 aromatic carbocycles. The third-order valence-electron chi connectivity index (χ3n) is 7.22. The molecule has 0 saturated carbocycles. The van der Waals surface area contributed by atoms with E-state index in [-0.39, 0.29) is 28.4 Å². The Labute approximate surface area is 181 Å². The first-order valence-corrected chi connectivity index (χ1v) is 17.0. The molecule has 3 atom stereocenters. The van der Waals surface area contributed by atoms with Crippen molar-refractivity contribution in [3.8, 4) is 0 Å². The first-order chi connectivity index (χ1) is 13.1. The molecule has 0 amide bonds. The van der Waals surface area contributed by atoms with Crippen molar-refractivity contribution in [3.63, 3.8) is 0 Å². The monoisotopic (exact) mass is 436 g/mol. The first-order valence-electron chi connectivity index (χ1n) is 11.2. The zero-order valence-electron chi connectivity index (χ0n) is 20.5. The van der Waals surface area contributed by atoms with Crippen LogP contribution in [0.1, 0.15) is 53.5 Å². The van der Waals surface area contributed by atoms with E-state index in [0.29, 0.717) is 6.61 Å². The Kier molecular flexibility index (Phi) is 7.66. The van der Waals surface area contributed by atoms with Crippen LogP contribution in [-0.4, -0.2) is 41.6 Å². The largest absolute Gasteiger partial charge is 0.414 e. The van der Waals surface area contributed by atoms with Gasteiger partial charge in [0.1, 0.15) is 6.10 Å². The zero-order chi connectivity index (χ0) is 22.1. The molecule has 1 fully saturated rings. The van der Waals surface area contributed by atoms with Crippen LogP contribution in [0.25, 0.3) is 0 Å². The molecule has 0 aromatic heterocycles. The molecule has 2 rings (SSSR count). The van der Waals surface area contributed by atoms with Gasteiger partial charge in [-0.05, 0) is 54.7 Å². The maximum Gasteiger partial charge on any atom is 0.192 e. The molecule has 0 N–H and O–H groups in total. The fourth-order valence-electron chi connectivity index (χ4n) is 2.93. The van der Waals surface area contributed by atoms with Crippen LogP contribution in [0.4, 0.5) is 0 Å². The standard InChI is InChI=1S/C24H44O3Si2/c1-23(2,3)28(7,8)25-18-21(27-29(9,10)24(4,5)6)22-20(26-22)17-16-19-14-12-11-13-15-19/h11-15,20-22H,16-18H2,1-10H3/t20-,21+,22+/m0/s1. The van der Waals surface area contributed by atoms with Crippen LogP contribution in [-0.2, 0) is 20.0 Å². The molecular formula is C24H44O3Si2. The Morgan fingerprint density at radius 2 is 1.45 bits per heavy atom. The maximum atomic E-state index is 6.83. The lowest BCUT2D eigenvalue weighted by atomic mass is 10.1. The number of benzene rings is 1. The summed E-state index contributed by atoms with van der Waals surface area (Å²) in [7, 11) is -3.71. The minimum atomic E-state index is -1.89. The molecule has 0 spiro atoms. The fourth-order valence-corrected chi connectivity index (χ4v) is 5.25. The first kappa shape index (κ1) is 24.8. The highest BCUT2D eigenvalue weighted by molar-refractivity contribution is 6.74. The van der Waals surface area contributed by atoms with Crippen molar-refractivity contribution in [1.29, 1.82) is 0 Å². The summed E-state index contributed by atoms with van der Waals surface area (Å²) in [5.41, 5.74) is 1.38. The molecule has 0 bridgehead atoms. The predicted molar refractivity (Wildman–Crippen MR) is 129 cm³/mol. The fraction of sp³-hybridized carbons (Fsp3) is 0.750. The van der Waals surface area contributed by atoms with Gasteiger partial charge in [0.2, 0.25) is 0 Å². The van der Waals surface area contributed by atoms with E-state index in [1.165, 1.54) is 5.56 Å². The molecule has 1 aliphatic rings. The van der Waals surface area contributed by atoms with E-state index < -0.39 is 16.6 Å². The SMILES string of the molecule is CC(C)(C)[Si](C)(C)OC[C@@H](O[Si](C)(C)C(C)(C)C)[C@@H]1O[C@H]1CCc1ccccc1. The van der Waals surface area contributed by atoms with E-state index in [4.69, 9.17) is 13.6 Å². The number of hydrogen-bond acceptors (Lipinski definition) is 3. The molecule has 0 unspecified atom stereocenters. The number of rotatable bonds is 9. The van der Waals surface area contributed by atoms with E-state index in [1.54, 1.807) is 0 Å². The maximum absolute atomic E-state index is 6.83. The summed E-state index contributed by atoms with van der Waals surface area (Å²) in [6, 6.07) is 10.7. The molecule has 1 aromatic rings. The molecule has 1 heterocycles. The van der Waals surface area contributed by atoms with Gasteiger partial charge in [-0.1, -0.05) is 71.9 Å². The van der Waals surface area contributed by atoms with Gasteiger partial charge in [0.05, 0.1) is 18.8 Å². The highest BCUT2D eigenvalue weighted by Crippen LogP contribution is 2.42. The third-order valence-corrected chi connectivity index (χ3v) is 16.2. The van der Waals surface area contributed by atoms with Crippen LogP contribution < -0.4 is 0 Å². The van der Waals surface area contributed by atoms with Crippen molar-refractivity contribution in [2.45, 2.75) is 109 Å². The average Bonchev–Trinajstić information content (AvgIpc) is 3.35. The normalized spacial score (nSPS) is 21.9. The molecule has 0 aliphatic carbocycles. The summed E-state index contributed by atoms with van der Waals surface area (Å²) in [5.74, 6) is 0. The van der Waals surface area contributed by atoms with Crippen molar-refractivity contribution >= 4 is 16.6 Å². The average molecular weight is 437 g/mol. The summed E-state index contributed by atoms with van der Waals surface area (Å²) in [4.78, 5) is 0. The lowest BCUT2D eigenvalue weighted by molar-refractivity contribution is 0.0827. The second kappa shape index (κ2) is 8.95. The smallest absolute Gasteiger partial charge is 0.192 e. The van der Waals surface area contributed by atoms with E-state index in [9.17, 15) is 0 Å². The summed E-state index contributed by atoms with van der Waals surface area (Å²) in [5, 5.41) is 0.377. The molecule has 1 saturated heterocycles. The molecule has 3 nitrogen and oxygen atoms in total. The van der Waals surface area contributed by atoms with E-state index >= 15 is 0 Å². The van der Waals surface area contributed by atoms with Crippen LogP contribution in [0.15, 0.2) is 30.3 Å². The zero-order valence-corrected chi connectivity index (χ0v) is 22.5. The van der Waals surface area contributed by atoms with Crippen LogP contribution in [0, 0.1) is 0 Å². The lowest BCUT2D eigenvalue weighted by Gasteiger charge is -2.41. The third kappa shape index (κ3) is 6.76. The highest BCUT2D eigenvalue weighted by atomic mass is 28.4. The summed E-state index contributed by atoms with van der Waals surface area (Å²) in [6.07, 6.45) is 2.58. The number of ether oxygens (including phenoxy) is 1. The van der Waals surface area contributed by atoms with Crippen LogP contribution in [0.3, 0.4) is 0 Å².